The van der Waals surface area contributed by atoms with Crippen molar-refractivity contribution in [2.75, 3.05) is 7.11 Å². The number of phenolic OH excluding ortho intramolecular Hbond substituents is 1. The molecule has 26 heavy (non-hydrogen) atoms. The first-order valence-electron chi connectivity index (χ1n) is 8.00. The SMILES string of the molecule is COc1ccc2ccc(O)c(C=NN=C(N)SCc3ccccc3)c2c1. The summed E-state index contributed by atoms with van der Waals surface area (Å²) >= 11 is 1.41. The zero-order chi connectivity index (χ0) is 18.4. The number of ether oxygens (including phenoxy) is 1. The Morgan fingerprint density at radius 3 is 2.69 bits per heavy atom. The van der Waals surface area contributed by atoms with Crippen LogP contribution in [0, 0.1) is 0 Å². The van der Waals surface area contributed by atoms with Crippen molar-refractivity contribution in [3.05, 3.63) is 71.8 Å². The molecule has 0 atom stereocenters. The zero-order valence-electron chi connectivity index (χ0n) is 14.3. The molecular formula is C20H19N3O2S. The minimum atomic E-state index is 0.125. The number of hydrogen-bond donors (Lipinski definition) is 2. The Kier molecular flexibility index (Phi) is 5.76. The number of hydrogen-bond acceptors (Lipinski definition) is 5. The number of aromatic hydroxyl groups is 1. The van der Waals surface area contributed by atoms with Crippen LogP contribution in [-0.4, -0.2) is 23.6 Å². The molecule has 0 radical (unpaired) electrons. The van der Waals surface area contributed by atoms with E-state index >= 15 is 0 Å². The number of rotatable bonds is 5. The van der Waals surface area contributed by atoms with Crippen molar-refractivity contribution < 1.29 is 9.84 Å². The molecule has 0 bridgehead atoms. The summed E-state index contributed by atoms with van der Waals surface area (Å²) in [7, 11) is 1.60. The summed E-state index contributed by atoms with van der Waals surface area (Å²) in [6, 6.07) is 19.1. The number of fused-ring (bicyclic) bond motifs is 1. The molecule has 0 spiro atoms. The first kappa shape index (κ1) is 17.8. The van der Waals surface area contributed by atoms with Gasteiger partial charge in [0.25, 0.3) is 0 Å². The van der Waals surface area contributed by atoms with Crippen molar-refractivity contribution in [1.82, 2.24) is 0 Å². The second kappa shape index (κ2) is 8.40. The van der Waals surface area contributed by atoms with Crippen LogP contribution in [-0.2, 0) is 5.75 Å². The standard InChI is InChI=1S/C20H19N3O2S/c1-25-16-9-7-15-8-10-19(24)18(17(15)11-16)12-22-23-20(21)26-13-14-5-3-2-4-6-14/h2-12,24H,13H2,1H3,(H2,21,23). The lowest BCUT2D eigenvalue weighted by Gasteiger charge is -2.07. The van der Waals surface area contributed by atoms with Crippen LogP contribution >= 0.6 is 11.8 Å². The van der Waals surface area contributed by atoms with E-state index in [1.54, 1.807) is 13.2 Å². The number of nitrogens with two attached hydrogens (primary N) is 1. The minimum absolute atomic E-state index is 0.125. The van der Waals surface area contributed by atoms with Crippen LogP contribution in [0.25, 0.3) is 10.8 Å². The fourth-order valence-corrected chi connectivity index (χ4v) is 3.09. The molecule has 0 saturated heterocycles. The highest BCUT2D eigenvalue weighted by Crippen LogP contribution is 2.29. The van der Waals surface area contributed by atoms with E-state index in [9.17, 15) is 5.11 Å². The molecule has 3 aromatic rings. The van der Waals surface area contributed by atoms with Crippen LogP contribution in [0.3, 0.4) is 0 Å². The summed E-state index contributed by atoms with van der Waals surface area (Å²) in [6.07, 6.45) is 1.51. The second-order valence-corrected chi connectivity index (χ2v) is 6.54. The van der Waals surface area contributed by atoms with Gasteiger partial charge in [0.2, 0.25) is 0 Å². The van der Waals surface area contributed by atoms with Crippen LogP contribution in [0.2, 0.25) is 0 Å². The van der Waals surface area contributed by atoms with E-state index < -0.39 is 0 Å². The molecular weight excluding hydrogens is 346 g/mol. The van der Waals surface area contributed by atoms with Gasteiger partial charge in [-0.05, 0) is 34.5 Å². The Labute approximate surface area is 156 Å². The highest BCUT2D eigenvalue weighted by atomic mass is 32.2. The maximum atomic E-state index is 10.2. The maximum absolute atomic E-state index is 10.2. The van der Waals surface area contributed by atoms with E-state index in [4.69, 9.17) is 10.5 Å². The number of thioether (sulfide) groups is 1. The molecule has 0 aromatic heterocycles. The van der Waals surface area contributed by atoms with Gasteiger partial charge in [0.15, 0.2) is 5.17 Å². The quantitative estimate of drug-likeness (QED) is 0.405. The molecule has 0 fully saturated rings. The highest BCUT2D eigenvalue weighted by molar-refractivity contribution is 8.13. The minimum Gasteiger partial charge on any atom is -0.507 e. The van der Waals surface area contributed by atoms with Gasteiger partial charge in [0.05, 0.1) is 13.3 Å². The summed E-state index contributed by atoms with van der Waals surface area (Å²) < 4.78 is 5.26. The Morgan fingerprint density at radius 2 is 1.92 bits per heavy atom. The topological polar surface area (TPSA) is 80.2 Å². The van der Waals surface area contributed by atoms with E-state index in [1.165, 1.54) is 23.5 Å². The van der Waals surface area contributed by atoms with Crippen LogP contribution in [0.5, 0.6) is 11.5 Å². The number of phenols is 1. The molecule has 0 amide bonds. The molecule has 3 aromatic carbocycles. The van der Waals surface area contributed by atoms with Gasteiger partial charge >= 0.3 is 0 Å². The number of methoxy groups -OCH3 is 1. The largest absolute Gasteiger partial charge is 0.507 e. The Hall–Kier alpha value is -2.99. The van der Waals surface area contributed by atoms with Gasteiger partial charge in [-0.2, -0.15) is 5.10 Å². The lowest BCUT2D eigenvalue weighted by Crippen LogP contribution is -2.06. The third kappa shape index (κ3) is 4.34. The van der Waals surface area contributed by atoms with Crippen LogP contribution in [0.4, 0.5) is 0 Å². The first-order valence-corrected chi connectivity index (χ1v) is 8.99. The molecule has 0 saturated carbocycles. The van der Waals surface area contributed by atoms with Crippen molar-refractivity contribution >= 4 is 33.9 Å². The fraction of sp³-hybridized carbons (Fsp3) is 0.100. The maximum Gasteiger partial charge on any atom is 0.180 e. The number of amidine groups is 1. The van der Waals surface area contributed by atoms with Crippen molar-refractivity contribution in [1.29, 1.82) is 0 Å². The van der Waals surface area contributed by atoms with Crippen molar-refractivity contribution in [2.45, 2.75) is 5.75 Å². The van der Waals surface area contributed by atoms with Crippen LogP contribution < -0.4 is 10.5 Å². The molecule has 3 rings (SSSR count). The molecule has 3 N–H and O–H groups in total. The Morgan fingerprint density at radius 1 is 1.15 bits per heavy atom. The van der Waals surface area contributed by atoms with Gasteiger partial charge in [0.1, 0.15) is 11.5 Å². The molecule has 0 aliphatic heterocycles. The third-order valence-corrected chi connectivity index (χ3v) is 4.68. The average molecular weight is 365 g/mol. The van der Waals surface area contributed by atoms with Gasteiger partial charge in [0, 0.05) is 11.3 Å². The predicted molar refractivity (Wildman–Crippen MR) is 109 cm³/mol. The van der Waals surface area contributed by atoms with Gasteiger partial charge < -0.3 is 15.6 Å². The Balaban J connectivity index is 1.78. The van der Waals surface area contributed by atoms with Gasteiger partial charge in [-0.3, -0.25) is 0 Å². The average Bonchev–Trinajstić information content (AvgIpc) is 2.68. The predicted octanol–water partition coefficient (Wildman–Crippen LogP) is 4.14. The first-order chi connectivity index (χ1) is 12.7. The number of nitrogens with zero attached hydrogens (tertiary/aromatic N) is 2. The van der Waals surface area contributed by atoms with Crippen LogP contribution in [0.15, 0.2) is 70.9 Å². The summed E-state index contributed by atoms with van der Waals surface area (Å²) in [5, 5.41) is 20.4. The van der Waals surface area contributed by atoms with Gasteiger partial charge in [-0.25, -0.2) is 0 Å². The van der Waals surface area contributed by atoms with E-state index in [-0.39, 0.29) is 5.75 Å². The lowest BCUT2D eigenvalue weighted by molar-refractivity contribution is 0.415. The molecule has 0 heterocycles. The second-order valence-electron chi connectivity index (χ2n) is 5.54. The van der Waals surface area contributed by atoms with E-state index in [2.05, 4.69) is 10.2 Å². The summed E-state index contributed by atoms with van der Waals surface area (Å²) in [5.74, 6) is 1.56. The number of benzene rings is 3. The molecule has 132 valence electrons. The summed E-state index contributed by atoms with van der Waals surface area (Å²) in [6.45, 7) is 0. The van der Waals surface area contributed by atoms with Crippen molar-refractivity contribution in [2.24, 2.45) is 15.9 Å². The van der Waals surface area contributed by atoms with Gasteiger partial charge in [-0.1, -0.05) is 54.2 Å². The van der Waals surface area contributed by atoms with Gasteiger partial charge in [-0.15, -0.1) is 5.10 Å². The zero-order valence-corrected chi connectivity index (χ0v) is 15.1. The van der Waals surface area contributed by atoms with Crippen molar-refractivity contribution in [3.63, 3.8) is 0 Å². The van der Waals surface area contributed by atoms with E-state index in [1.807, 2.05) is 54.6 Å². The van der Waals surface area contributed by atoms with E-state index in [0.717, 1.165) is 16.5 Å². The molecule has 0 aliphatic carbocycles. The molecule has 0 unspecified atom stereocenters. The summed E-state index contributed by atoms with van der Waals surface area (Å²) in [5.41, 5.74) is 7.64. The monoisotopic (exact) mass is 365 g/mol. The third-order valence-electron chi connectivity index (χ3n) is 3.82. The fourth-order valence-electron chi connectivity index (χ4n) is 2.48. The lowest BCUT2D eigenvalue weighted by atomic mass is 10.0. The Bertz CT molecular complexity index is 956. The smallest absolute Gasteiger partial charge is 0.180 e. The normalized spacial score (nSPS) is 12.0. The summed E-state index contributed by atoms with van der Waals surface area (Å²) in [4.78, 5) is 0. The molecule has 6 heteroatoms. The highest BCUT2D eigenvalue weighted by Gasteiger charge is 2.06. The van der Waals surface area contributed by atoms with Crippen LogP contribution in [0.1, 0.15) is 11.1 Å². The van der Waals surface area contributed by atoms with Crippen molar-refractivity contribution in [3.8, 4) is 11.5 Å². The molecule has 5 nitrogen and oxygen atoms in total. The molecule has 0 aliphatic rings. The van der Waals surface area contributed by atoms with E-state index in [0.29, 0.717) is 16.5 Å².